The van der Waals surface area contributed by atoms with Crippen LogP contribution in [0.25, 0.3) is 122 Å². The summed E-state index contributed by atoms with van der Waals surface area (Å²) in [5, 5.41) is 5.06. The first-order chi connectivity index (χ1) is 65.4. The van der Waals surface area contributed by atoms with E-state index in [1.807, 2.05) is 0 Å². The minimum Gasteiger partial charge on any atom is -0.311 e. The van der Waals surface area contributed by atoms with Gasteiger partial charge in [0.05, 0.1) is 44.3 Å². The molecule has 0 saturated heterocycles. The van der Waals surface area contributed by atoms with Crippen LogP contribution < -0.4 is 26.2 Å². The second-order valence-electron chi connectivity index (χ2n) is 47.6. The Hall–Kier alpha value is -14.0. The molecule has 25 rings (SSSR count). The van der Waals surface area contributed by atoms with E-state index in [2.05, 4.69) is 504 Å². The summed E-state index contributed by atoms with van der Waals surface area (Å²) in [6.07, 6.45) is 0. The van der Waals surface area contributed by atoms with Crippen molar-refractivity contribution in [2.45, 2.75) is 194 Å². The molecular formula is C132H119BN4. The summed E-state index contributed by atoms with van der Waals surface area (Å²) in [5.74, 6) is 0. The van der Waals surface area contributed by atoms with Crippen LogP contribution in [0.2, 0.25) is 0 Å². The molecule has 0 bridgehead atoms. The minimum atomic E-state index is -0.511. The highest BCUT2D eigenvalue weighted by molar-refractivity contribution is 7.00. The van der Waals surface area contributed by atoms with Crippen molar-refractivity contribution in [2.75, 3.05) is 9.80 Å². The van der Waals surface area contributed by atoms with Gasteiger partial charge in [-0.25, -0.2) is 0 Å². The normalized spacial score (nSPS) is 14.7. The largest absolute Gasteiger partial charge is 0.311 e. The fourth-order valence-electron chi connectivity index (χ4n) is 25.1. The third kappa shape index (κ3) is 12.2. The molecule has 0 amide bonds. The van der Waals surface area contributed by atoms with Gasteiger partial charge >= 0.3 is 0 Å². The molecule has 5 heteroatoms. The molecule has 0 radical (unpaired) electrons. The Bertz CT molecular complexity index is 7750. The third-order valence-electron chi connectivity index (χ3n) is 32.2. The lowest BCUT2D eigenvalue weighted by molar-refractivity contribution is 0.590. The number of benzene rings is 17. The lowest BCUT2D eigenvalue weighted by atomic mass is 9.33. The molecule has 0 unspecified atom stereocenters. The van der Waals surface area contributed by atoms with E-state index in [-0.39, 0.29) is 44.6 Å². The zero-order valence-electron chi connectivity index (χ0n) is 83.2. The maximum atomic E-state index is 2.77. The predicted molar refractivity (Wildman–Crippen MR) is 584 cm³/mol. The molecule has 6 aliphatic rings. The number of rotatable bonds is 6. The first-order valence-electron chi connectivity index (χ1n) is 49.8. The van der Waals surface area contributed by atoms with Gasteiger partial charge in [-0.2, -0.15) is 0 Å². The second kappa shape index (κ2) is 28.8. The van der Waals surface area contributed by atoms with Gasteiger partial charge in [-0.15, -0.1) is 0 Å². The van der Waals surface area contributed by atoms with Crippen LogP contribution in [0.5, 0.6) is 0 Å². The quantitative estimate of drug-likeness (QED) is 0.154. The van der Waals surface area contributed by atoms with Gasteiger partial charge in [-0.1, -0.05) is 364 Å². The summed E-state index contributed by atoms with van der Waals surface area (Å²) < 4.78 is 5.20. The molecule has 670 valence electrons. The predicted octanol–water partition coefficient (Wildman–Crippen LogP) is 33.1. The molecule has 2 spiro atoms. The Kier molecular flexibility index (Phi) is 17.8. The van der Waals surface area contributed by atoms with Crippen molar-refractivity contribution in [3.8, 4) is 78.1 Å². The van der Waals surface area contributed by atoms with Gasteiger partial charge in [0.25, 0.3) is 6.71 Å². The molecule has 0 fully saturated rings. The molecule has 19 aromatic rings. The maximum absolute atomic E-state index is 2.77. The van der Waals surface area contributed by atoms with Crippen molar-refractivity contribution in [3.63, 3.8) is 0 Å². The van der Waals surface area contributed by atoms with E-state index in [1.165, 1.54) is 222 Å². The van der Waals surface area contributed by atoms with E-state index in [1.54, 1.807) is 0 Å². The average Bonchev–Trinajstić information content (AvgIpc) is 1.58. The fourth-order valence-corrected chi connectivity index (χ4v) is 25.1. The number of hydrogen-bond acceptors (Lipinski definition) is 2. The number of anilines is 6. The van der Waals surface area contributed by atoms with Gasteiger partial charge < -0.3 is 18.9 Å². The zero-order chi connectivity index (χ0) is 94.5. The number of nitrogens with zero attached hydrogens (tertiary/aromatic N) is 4. The van der Waals surface area contributed by atoms with Gasteiger partial charge in [0.2, 0.25) is 0 Å². The summed E-state index contributed by atoms with van der Waals surface area (Å²) in [7, 11) is 0. The Labute approximate surface area is 809 Å². The van der Waals surface area contributed by atoms with E-state index in [4.69, 9.17) is 0 Å². The maximum Gasteiger partial charge on any atom is 0.252 e. The highest BCUT2D eigenvalue weighted by atomic mass is 15.2. The van der Waals surface area contributed by atoms with Crippen LogP contribution in [0.1, 0.15) is 229 Å². The van der Waals surface area contributed by atoms with Crippen LogP contribution in [0.4, 0.5) is 34.1 Å². The van der Waals surface area contributed by atoms with Crippen molar-refractivity contribution in [3.05, 3.63) is 423 Å². The van der Waals surface area contributed by atoms with Crippen LogP contribution in [0.3, 0.4) is 0 Å². The molecule has 2 aliphatic heterocycles. The zero-order valence-corrected chi connectivity index (χ0v) is 83.2. The van der Waals surface area contributed by atoms with E-state index in [0.29, 0.717) is 0 Å². The molecule has 4 nitrogen and oxygen atoms in total. The van der Waals surface area contributed by atoms with E-state index < -0.39 is 10.8 Å². The van der Waals surface area contributed by atoms with Crippen molar-refractivity contribution in [2.24, 2.45) is 0 Å². The summed E-state index contributed by atoms with van der Waals surface area (Å²) in [5.41, 5.74) is 50.2. The van der Waals surface area contributed by atoms with Gasteiger partial charge in [-0.3, -0.25) is 0 Å². The van der Waals surface area contributed by atoms with Gasteiger partial charge in [-0.05, 0) is 315 Å². The molecular weight excluding hydrogens is 1650 g/mol. The summed E-state index contributed by atoms with van der Waals surface area (Å²) in [6.45, 7) is 49.6. The highest BCUT2D eigenvalue weighted by Gasteiger charge is 2.55. The summed E-state index contributed by atoms with van der Waals surface area (Å²) >= 11 is 0. The SMILES string of the molecule is CC(C)(C)c1ccc(N2c3cc(-n4c5ccc(C(C)(C)C)cc5c5cc(C(C)(C)C)ccc54)ccc3B3c4ccc(-n5c6ccc(C(C)(C)C)cc6c6cc(C(C)(C)C)ccc65)cc4N(c4ccc(C(C)(C)C)cc4-c4ccc5c(c4)-c4ccccc4C54c5ccccc5-c5ccccc54)c4cc(C(C)(C)C)cc2c43)c(-c2ccc3c(c2)-c2ccccc2C32c3ccccc3-c3ccccc32)c1. The minimum absolute atomic E-state index is 0.0823. The molecule has 2 aromatic heterocycles. The lowest BCUT2D eigenvalue weighted by Gasteiger charge is -2.46. The summed E-state index contributed by atoms with van der Waals surface area (Å²) in [6, 6.07) is 136. The Morgan fingerprint density at radius 2 is 0.445 bits per heavy atom. The first kappa shape index (κ1) is 84.7. The second-order valence-corrected chi connectivity index (χ2v) is 47.6. The van der Waals surface area contributed by atoms with Gasteiger partial charge in [0.15, 0.2) is 0 Å². The molecule has 0 N–H and O–H groups in total. The van der Waals surface area contributed by atoms with Crippen molar-refractivity contribution >= 4 is 101 Å². The fraction of sp³-hybridized carbons (Fsp3) is 0.227. The van der Waals surface area contributed by atoms with E-state index in [0.717, 1.165) is 34.1 Å². The smallest absolute Gasteiger partial charge is 0.252 e. The third-order valence-corrected chi connectivity index (χ3v) is 32.2. The Balaban J connectivity index is 0.798. The van der Waals surface area contributed by atoms with Crippen molar-refractivity contribution < 1.29 is 0 Å². The monoisotopic (exact) mass is 1770 g/mol. The van der Waals surface area contributed by atoms with Crippen molar-refractivity contribution in [1.82, 2.24) is 9.13 Å². The van der Waals surface area contributed by atoms with E-state index >= 15 is 0 Å². The Morgan fingerprint density at radius 1 is 0.190 bits per heavy atom. The van der Waals surface area contributed by atoms with Crippen molar-refractivity contribution in [1.29, 1.82) is 0 Å². The van der Waals surface area contributed by atoms with Crippen LogP contribution >= 0.6 is 0 Å². The molecule has 0 saturated carbocycles. The van der Waals surface area contributed by atoms with Crippen LogP contribution in [0, 0.1) is 0 Å². The molecule has 0 atom stereocenters. The average molecular weight is 1770 g/mol. The van der Waals surface area contributed by atoms with Crippen LogP contribution in [-0.4, -0.2) is 15.8 Å². The molecule has 137 heavy (non-hydrogen) atoms. The molecule has 4 heterocycles. The molecule has 17 aromatic carbocycles. The summed E-state index contributed by atoms with van der Waals surface area (Å²) in [4.78, 5) is 5.54. The standard InChI is InChI=1S/C132H119BN4/c1-124(2,3)80-48-60-113(95(68-80)78-46-56-109-97(66-78)93-38-26-32-44-107(93)131(109)103-40-28-22-34-89(103)90-35-23-29-41-104(90)131)136-119-76-87(134-115-62-50-82(126(7,8)9)70-99(115)100-71-83(127(10,11)12)51-63-116(100)134)54-58-111(119)133-112-59-55-88(135-117-64-52-84(128(13,14)15)72-101(117)102-73-85(129(16,17)18)53-65-118(102)135)77-120(112)137(122-75-86(130(19,20)21)74-121(136)123(122)133)114-61-49-81(125(4,5)6)69-96(114)79-47-57-110-98(67-79)94-39-27-33-45-108(94)132(110)105-42-30-24-36-91(105)92-37-25-31-43-106(92)132/h22-77H,1-21H3. The van der Waals surface area contributed by atoms with Gasteiger partial charge in [0, 0.05) is 66.8 Å². The van der Waals surface area contributed by atoms with Crippen LogP contribution in [-0.2, 0) is 48.7 Å². The molecule has 4 aliphatic carbocycles. The number of fused-ring (bicyclic) bond motifs is 30. The first-order valence-corrected chi connectivity index (χ1v) is 49.8. The topological polar surface area (TPSA) is 16.3 Å². The lowest BCUT2D eigenvalue weighted by Crippen LogP contribution is -2.61. The Morgan fingerprint density at radius 3 is 0.730 bits per heavy atom. The van der Waals surface area contributed by atoms with E-state index in [9.17, 15) is 0 Å². The van der Waals surface area contributed by atoms with Crippen LogP contribution in [0.15, 0.2) is 340 Å². The number of hydrogen-bond donors (Lipinski definition) is 0. The van der Waals surface area contributed by atoms with Gasteiger partial charge in [0.1, 0.15) is 0 Å². The highest BCUT2D eigenvalue weighted by Crippen LogP contribution is 2.66. The number of aromatic nitrogens is 2.